The van der Waals surface area contributed by atoms with Gasteiger partial charge in [0, 0.05) is 0 Å². The fourth-order valence-corrected chi connectivity index (χ4v) is 0. The van der Waals surface area contributed by atoms with Crippen LogP contribution in [0.2, 0.25) is 0 Å². The highest BCUT2D eigenvalue weighted by Gasteiger charge is 1.79. The maximum absolute atomic E-state index is 10.0. The van der Waals surface area contributed by atoms with Crippen molar-refractivity contribution in [2.24, 2.45) is 0 Å². The van der Waals surface area contributed by atoms with Crippen molar-refractivity contribution in [2.45, 2.75) is 0 Å². The Morgan fingerprint density at radius 1 is 1.17 bits per heavy atom. The molecule has 0 saturated carbocycles. The molecule has 2 nitrogen and oxygen atoms in total. The van der Waals surface area contributed by atoms with E-state index in [0.717, 1.165) is 0 Å². The third kappa shape index (κ3) is 984. The summed E-state index contributed by atoms with van der Waals surface area (Å²) in [6.07, 6.45) is 0. The zero-order valence-electron chi connectivity index (χ0n) is 4.26. The highest BCUT2D eigenvalue weighted by molar-refractivity contribution is 5.85. The molecule has 6 heavy (non-hydrogen) atoms. The Morgan fingerprint density at radius 2 is 1.17 bits per heavy atom. The van der Waals surface area contributed by atoms with E-state index >= 15 is 0 Å². The molecular formula is C3H10ClNO. The molecular weight excluding hydrogens is 101 g/mol. The van der Waals surface area contributed by atoms with Crippen molar-refractivity contribution in [3.63, 3.8) is 0 Å². The van der Waals surface area contributed by atoms with Gasteiger partial charge in [0.15, 0.2) is 0 Å². The summed E-state index contributed by atoms with van der Waals surface area (Å²) in [5.74, 6) is 0. The first-order chi connectivity index (χ1) is 2.00. The number of hydrogen-bond acceptors (Lipinski definition) is 1. The van der Waals surface area contributed by atoms with Gasteiger partial charge in [0.25, 0.3) is 0 Å². The lowest BCUT2D eigenvalue weighted by molar-refractivity contribution is -0.818. The van der Waals surface area contributed by atoms with Gasteiger partial charge in [-0.2, -0.15) is 0 Å². The van der Waals surface area contributed by atoms with Gasteiger partial charge >= 0.3 is 0 Å². The third-order valence-electron chi connectivity index (χ3n) is 0. The van der Waals surface area contributed by atoms with Gasteiger partial charge in [-0.05, 0) is 0 Å². The SMILES string of the molecule is C[N+](C)(C)[O-].Cl. The first kappa shape index (κ1) is 9.51. The Kier molecular flexibility index (Phi) is 3.80. The zero-order valence-corrected chi connectivity index (χ0v) is 5.08. The second kappa shape index (κ2) is 2.39. The third-order valence-corrected chi connectivity index (χ3v) is 0. The fourth-order valence-electron chi connectivity index (χ4n) is 0. The molecule has 0 radical (unpaired) electrons. The van der Waals surface area contributed by atoms with Crippen LogP contribution in [-0.2, 0) is 0 Å². The Labute approximate surface area is 44.3 Å². The molecule has 0 atom stereocenters. The summed E-state index contributed by atoms with van der Waals surface area (Å²) in [6.45, 7) is 0. The molecule has 0 spiro atoms. The molecule has 40 valence electrons. The first-order valence-corrected chi connectivity index (χ1v) is 1.52. The summed E-state index contributed by atoms with van der Waals surface area (Å²) in [4.78, 5) is 0. The molecule has 0 saturated heterocycles. The van der Waals surface area contributed by atoms with Crippen molar-refractivity contribution in [3.8, 4) is 0 Å². The van der Waals surface area contributed by atoms with Crippen molar-refractivity contribution in [3.05, 3.63) is 5.21 Å². The van der Waals surface area contributed by atoms with E-state index in [9.17, 15) is 5.21 Å². The summed E-state index contributed by atoms with van der Waals surface area (Å²) >= 11 is 0. The highest BCUT2D eigenvalue weighted by Crippen LogP contribution is 1.77. The van der Waals surface area contributed by atoms with Gasteiger partial charge in [0.1, 0.15) is 0 Å². The maximum Gasteiger partial charge on any atom is 0.0674 e. The minimum Gasteiger partial charge on any atom is -0.633 e. The van der Waals surface area contributed by atoms with Gasteiger partial charge < -0.3 is 9.85 Å². The zero-order chi connectivity index (χ0) is 4.50. The lowest BCUT2D eigenvalue weighted by atomic mass is 11.0. The fraction of sp³-hybridized carbons (Fsp3) is 1.00. The lowest BCUT2D eigenvalue weighted by Crippen LogP contribution is -2.25. The van der Waals surface area contributed by atoms with E-state index in [1.54, 1.807) is 21.1 Å². The lowest BCUT2D eigenvalue weighted by Gasteiger charge is -2.27. The molecule has 0 fully saturated rings. The molecule has 0 bridgehead atoms. The van der Waals surface area contributed by atoms with Gasteiger partial charge in [-0.3, -0.25) is 0 Å². The summed E-state index contributed by atoms with van der Waals surface area (Å²) in [5.41, 5.74) is 0. The van der Waals surface area contributed by atoms with E-state index in [1.807, 2.05) is 0 Å². The number of rotatable bonds is 0. The summed E-state index contributed by atoms with van der Waals surface area (Å²) in [7, 11) is 4.71. The Morgan fingerprint density at radius 3 is 1.17 bits per heavy atom. The number of quaternary nitrogens is 1. The highest BCUT2D eigenvalue weighted by atomic mass is 35.5. The van der Waals surface area contributed by atoms with E-state index in [4.69, 9.17) is 0 Å². The Balaban J connectivity index is 0. The second-order valence-electron chi connectivity index (χ2n) is 1.89. The summed E-state index contributed by atoms with van der Waals surface area (Å²) < 4.78 is -0.250. The van der Waals surface area contributed by atoms with Crippen molar-refractivity contribution >= 4 is 12.4 Å². The predicted octanol–water partition coefficient (Wildman–Crippen LogP) is 0.612. The second-order valence-corrected chi connectivity index (χ2v) is 1.89. The average Bonchev–Trinajstić information content (AvgIpc) is 0.722. The molecule has 0 heterocycles. The van der Waals surface area contributed by atoms with E-state index in [2.05, 4.69) is 0 Å². The summed E-state index contributed by atoms with van der Waals surface area (Å²) in [6, 6.07) is 0. The predicted molar refractivity (Wildman–Crippen MR) is 28.6 cm³/mol. The van der Waals surface area contributed by atoms with Crippen LogP contribution < -0.4 is 0 Å². The Bertz CT molecular complexity index is 26.3. The van der Waals surface area contributed by atoms with Crippen molar-refractivity contribution in [2.75, 3.05) is 21.1 Å². The molecule has 0 aromatic carbocycles. The molecule has 0 aromatic heterocycles. The largest absolute Gasteiger partial charge is 0.633 e. The van der Waals surface area contributed by atoms with Gasteiger partial charge in [-0.1, -0.05) is 0 Å². The molecule has 0 aliphatic carbocycles. The number of halogens is 1. The quantitative estimate of drug-likeness (QED) is 0.332. The number of hydrogen-bond donors (Lipinski definition) is 0. The van der Waals surface area contributed by atoms with Crippen LogP contribution >= 0.6 is 12.4 Å². The molecule has 0 unspecified atom stereocenters. The maximum atomic E-state index is 10.0. The van der Waals surface area contributed by atoms with Crippen LogP contribution in [-0.4, -0.2) is 25.8 Å². The first-order valence-electron chi connectivity index (χ1n) is 1.52. The van der Waals surface area contributed by atoms with Gasteiger partial charge in [-0.15, -0.1) is 12.4 Å². The van der Waals surface area contributed by atoms with Crippen LogP contribution in [0.4, 0.5) is 0 Å². The molecule has 0 amide bonds. The van der Waals surface area contributed by atoms with Crippen LogP contribution in [0.15, 0.2) is 0 Å². The number of nitrogens with zero attached hydrogens (tertiary/aromatic N) is 1. The van der Waals surface area contributed by atoms with E-state index in [-0.39, 0.29) is 17.1 Å². The topological polar surface area (TPSA) is 23.1 Å². The molecule has 0 aliphatic heterocycles. The standard InChI is InChI=1S/C3H9NO.ClH/c1-4(2,3)5;/h1-3H3;1H. The van der Waals surface area contributed by atoms with Crippen LogP contribution in [0, 0.1) is 5.21 Å². The summed E-state index contributed by atoms with van der Waals surface area (Å²) in [5, 5.41) is 10.0. The Hall–Kier alpha value is 0.210. The number of hydroxylamine groups is 3. The average molecular weight is 112 g/mol. The minimum atomic E-state index is -0.250. The normalized spacial score (nSPS) is 10.0. The van der Waals surface area contributed by atoms with Crippen LogP contribution in [0.25, 0.3) is 0 Å². The van der Waals surface area contributed by atoms with Crippen molar-refractivity contribution in [1.29, 1.82) is 0 Å². The van der Waals surface area contributed by atoms with Crippen molar-refractivity contribution < 1.29 is 4.65 Å². The molecule has 0 rings (SSSR count). The molecule has 3 heteroatoms. The van der Waals surface area contributed by atoms with Crippen molar-refractivity contribution in [1.82, 2.24) is 0 Å². The molecule has 0 aliphatic rings. The van der Waals surface area contributed by atoms with E-state index in [0.29, 0.717) is 0 Å². The minimum absolute atomic E-state index is 0. The smallest absolute Gasteiger partial charge is 0.0674 e. The van der Waals surface area contributed by atoms with E-state index in [1.165, 1.54) is 0 Å². The van der Waals surface area contributed by atoms with Gasteiger partial charge in [0.05, 0.1) is 21.1 Å². The van der Waals surface area contributed by atoms with Gasteiger partial charge in [0.2, 0.25) is 0 Å². The van der Waals surface area contributed by atoms with E-state index < -0.39 is 0 Å². The monoisotopic (exact) mass is 111 g/mol. The van der Waals surface area contributed by atoms with Crippen LogP contribution in [0.5, 0.6) is 0 Å². The molecule has 0 aromatic rings. The van der Waals surface area contributed by atoms with Crippen LogP contribution in [0.3, 0.4) is 0 Å². The molecule has 0 N–H and O–H groups in total. The van der Waals surface area contributed by atoms with Gasteiger partial charge in [-0.25, -0.2) is 0 Å². The van der Waals surface area contributed by atoms with Crippen LogP contribution in [0.1, 0.15) is 0 Å².